The first-order valence-corrected chi connectivity index (χ1v) is 6.03. The third kappa shape index (κ3) is 6.13. The first-order valence-electron chi connectivity index (χ1n) is 6.03. The van der Waals surface area contributed by atoms with Crippen molar-refractivity contribution in [2.75, 3.05) is 26.3 Å². The molecule has 1 saturated heterocycles. The molecular formula is C12H26N2O. The van der Waals surface area contributed by atoms with Gasteiger partial charge in [0.25, 0.3) is 0 Å². The van der Waals surface area contributed by atoms with Crippen LogP contribution in [0.25, 0.3) is 0 Å². The van der Waals surface area contributed by atoms with E-state index in [2.05, 4.69) is 38.3 Å². The minimum absolute atomic E-state index is 0.215. The van der Waals surface area contributed by atoms with Crippen LogP contribution in [-0.2, 0) is 4.74 Å². The van der Waals surface area contributed by atoms with E-state index in [1.807, 2.05) is 0 Å². The van der Waals surface area contributed by atoms with Crippen LogP contribution in [0.4, 0.5) is 0 Å². The second-order valence-corrected chi connectivity index (χ2v) is 5.67. The van der Waals surface area contributed by atoms with Gasteiger partial charge in [0.1, 0.15) is 0 Å². The molecule has 0 aromatic heterocycles. The van der Waals surface area contributed by atoms with E-state index < -0.39 is 0 Å². The maximum absolute atomic E-state index is 5.35. The van der Waals surface area contributed by atoms with Crippen LogP contribution in [0.2, 0.25) is 0 Å². The molecule has 0 aliphatic carbocycles. The lowest BCUT2D eigenvalue weighted by atomic mass is 10.1. The molecule has 2 atom stereocenters. The molecule has 0 amide bonds. The predicted molar refractivity (Wildman–Crippen MR) is 64.1 cm³/mol. The second kappa shape index (κ2) is 5.83. The zero-order valence-electron chi connectivity index (χ0n) is 10.6. The van der Waals surface area contributed by atoms with Gasteiger partial charge in [-0.3, -0.25) is 0 Å². The van der Waals surface area contributed by atoms with Crippen LogP contribution in [0, 0.1) is 5.92 Å². The van der Waals surface area contributed by atoms with Crippen LogP contribution >= 0.6 is 0 Å². The van der Waals surface area contributed by atoms with Crippen molar-refractivity contribution in [2.24, 2.45) is 5.92 Å². The molecule has 2 N–H and O–H groups in total. The van der Waals surface area contributed by atoms with Crippen LogP contribution in [0.15, 0.2) is 0 Å². The monoisotopic (exact) mass is 214 g/mol. The fraction of sp³-hybridized carbons (Fsp3) is 1.00. The summed E-state index contributed by atoms with van der Waals surface area (Å²) in [5.74, 6) is 0.724. The van der Waals surface area contributed by atoms with Crippen LogP contribution in [0.3, 0.4) is 0 Å². The van der Waals surface area contributed by atoms with Gasteiger partial charge in [-0.05, 0) is 40.0 Å². The Bertz CT molecular complexity index is 171. The first kappa shape index (κ1) is 12.9. The molecule has 15 heavy (non-hydrogen) atoms. The van der Waals surface area contributed by atoms with Crippen molar-refractivity contribution in [3.05, 3.63) is 0 Å². The van der Waals surface area contributed by atoms with Crippen molar-refractivity contribution < 1.29 is 4.74 Å². The van der Waals surface area contributed by atoms with E-state index in [0.717, 1.165) is 32.2 Å². The molecule has 1 heterocycles. The number of ether oxygens (including phenoxy) is 1. The third-order valence-electron chi connectivity index (χ3n) is 2.72. The van der Waals surface area contributed by atoms with Gasteiger partial charge in [-0.2, -0.15) is 0 Å². The summed E-state index contributed by atoms with van der Waals surface area (Å²) >= 11 is 0. The van der Waals surface area contributed by atoms with Crippen molar-refractivity contribution in [1.29, 1.82) is 0 Å². The summed E-state index contributed by atoms with van der Waals surface area (Å²) in [5.41, 5.74) is 0.215. The Morgan fingerprint density at radius 3 is 2.67 bits per heavy atom. The minimum atomic E-state index is 0.215. The van der Waals surface area contributed by atoms with E-state index >= 15 is 0 Å². The molecule has 0 aromatic rings. The average Bonchev–Trinajstić information content (AvgIpc) is 2.62. The van der Waals surface area contributed by atoms with E-state index in [-0.39, 0.29) is 5.54 Å². The number of hydrogen-bond acceptors (Lipinski definition) is 3. The Hall–Kier alpha value is -0.120. The van der Waals surface area contributed by atoms with Gasteiger partial charge in [0.05, 0.1) is 6.61 Å². The molecule has 0 radical (unpaired) electrons. The van der Waals surface area contributed by atoms with E-state index in [4.69, 9.17) is 4.74 Å². The normalized spacial score (nSPS) is 24.4. The number of nitrogens with one attached hydrogen (secondary N) is 2. The fourth-order valence-corrected chi connectivity index (χ4v) is 1.64. The van der Waals surface area contributed by atoms with E-state index in [1.165, 1.54) is 6.42 Å². The zero-order valence-corrected chi connectivity index (χ0v) is 10.6. The average molecular weight is 214 g/mol. The summed E-state index contributed by atoms with van der Waals surface area (Å²) < 4.78 is 5.35. The molecule has 90 valence electrons. The lowest BCUT2D eigenvalue weighted by Crippen LogP contribution is -2.45. The highest BCUT2D eigenvalue weighted by molar-refractivity contribution is 4.76. The molecule has 1 fully saturated rings. The van der Waals surface area contributed by atoms with Gasteiger partial charge in [-0.15, -0.1) is 0 Å². The smallest absolute Gasteiger partial charge is 0.0507 e. The zero-order chi connectivity index (χ0) is 11.3. The van der Waals surface area contributed by atoms with Gasteiger partial charge in [-0.1, -0.05) is 0 Å². The molecule has 3 nitrogen and oxygen atoms in total. The molecular weight excluding hydrogens is 188 g/mol. The summed E-state index contributed by atoms with van der Waals surface area (Å²) in [4.78, 5) is 0. The quantitative estimate of drug-likeness (QED) is 0.725. The van der Waals surface area contributed by atoms with Crippen molar-refractivity contribution >= 4 is 0 Å². The number of rotatable bonds is 5. The largest absolute Gasteiger partial charge is 0.381 e. The molecule has 0 bridgehead atoms. The van der Waals surface area contributed by atoms with Crippen LogP contribution in [-0.4, -0.2) is 37.9 Å². The van der Waals surface area contributed by atoms with Gasteiger partial charge in [0.15, 0.2) is 0 Å². The van der Waals surface area contributed by atoms with E-state index in [0.29, 0.717) is 6.04 Å². The molecule has 0 spiro atoms. The van der Waals surface area contributed by atoms with Crippen molar-refractivity contribution in [3.63, 3.8) is 0 Å². The summed E-state index contributed by atoms with van der Waals surface area (Å²) in [5, 5.41) is 7.06. The summed E-state index contributed by atoms with van der Waals surface area (Å²) in [6.45, 7) is 12.8. The highest BCUT2D eigenvalue weighted by Crippen LogP contribution is 2.10. The number of hydrogen-bond donors (Lipinski definition) is 2. The minimum Gasteiger partial charge on any atom is -0.381 e. The van der Waals surface area contributed by atoms with Gasteiger partial charge in [0, 0.05) is 31.3 Å². The fourth-order valence-electron chi connectivity index (χ4n) is 1.64. The SMILES string of the molecule is CC(CNC(C)(C)C)NCC1CCOC1. The Kier molecular flexibility index (Phi) is 5.03. The van der Waals surface area contributed by atoms with Crippen LogP contribution in [0.1, 0.15) is 34.1 Å². The van der Waals surface area contributed by atoms with Crippen LogP contribution in [0.5, 0.6) is 0 Å². The first-order chi connectivity index (χ1) is 6.97. The predicted octanol–water partition coefficient (Wildman–Crippen LogP) is 1.39. The van der Waals surface area contributed by atoms with Gasteiger partial charge in [0.2, 0.25) is 0 Å². The van der Waals surface area contributed by atoms with E-state index in [9.17, 15) is 0 Å². The molecule has 1 rings (SSSR count). The van der Waals surface area contributed by atoms with Gasteiger partial charge < -0.3 is 15.4 Å². The molecule has 0 saturated carbocycles. The molecule has 2 unspecified atom stereocenters. The Balaban J connectivity index is 2.05. The summed E-state index contributed by atoms with van der Waals surface area (Å²) in [6, 6.07) is 0.532. The summed E-state index contributed by atoms with van der Waals surface area (Å²) in [6.07, 6.45) is 1.21. The molecule has 3 heteroatoms. The van der Waals surface area contributed by atoms with Crippen molar-refractivity contribution in [1.82, 2.24) is 10.6 Å². The molecule has 0 aromatic carbocycles. The topological polar surface area (TPSA) is 33.3 Å². The molecule has 1 aliphatic rings. The Morgan fingerprint density at radius 2 is 2.13 bits per heavy atom. The van der Waals surface area contributed by atoms with Crippen LogP contribution < -0.4 is 10.6 Å². The highest BCUT2D eigenvalue weighted by atomic mass is 16.5. The molecule has 1 aliphatic heterocycles. The van der Waals surface area contributed by atoms with Crippen molar-refractivity contribution in [3.8, 4) is 0 Å². The lowest BCUT2D eigenvalue weighted by Gasteiger charge is -2.24. The Morgan fingerprint density at radius 1 is 1.40 bits per heavy atom. The lowest BCUT2D eigenvalue weighted by molar-refractivity contribution is 0.184. The maximum atomic E-state index is 5.35. The standard InChI is InChI=1S/C12H26N2O/c1-10(7-14-12(2,3)4)13-8-11-5-6-15-9-11/h10-11,13-14H,5-9H2,1-4H3. The highest BCUT2D eigenvalue weighted by Gasteiger charge is 2.16. The van der Waals surface area contributed by atoms with Crippen molar-refractivity contribution in [2.45, 2.75) is 45.7 Å². The summed E-state index contributed by atoms with van der Waals surface area (Å²) in [7, 11) is 0. The second-order valence-electron chi connectivity index (χ2n) is 5.67. The van der Waals surface area contributed by atoms with Gasteiger partial charge >= 0.3 is 0 Å². The maximum Gasteiger partial charge on any atom is 0.0507 e. The Labute approximate surface area is 94.0 Å². The third-order valence-corrected chi connectivity index (χ3v) is 2.72. The van der Waals surface area contributed by atoms with E-state index in [1.54, 1.807) is 0 Å². The van der Waals surface area contributed by atoms with Gasteiger partial charge in [-0.25, -0.2) is 0 Å².